The summed E-state index contributed by atoms with van der Waals surface area (Å²) < 4.78 is 0. The summed E-state index contributed by atoms with van der Waals surface area (Å²) >= 11 is 0. The summed E-state index contributed by atoms with van der Waals surface area (Å²) in [5.41, 5.74) is 0.811. The van der Waals surface area contributed by atoms with Crippen molar-refractivity contribution in [2.24, 2.45) is 0 Å². The van der Waals surface area contributed by atoms with Crippen molar-refractivity contribution in [3.8, 4) is 0 Å². The van der Waals surface area contributed by atoms with Gasteiger partial charge in [0.05, 0.1) is 17.6 Å². The van der Waals surface area contributed by atoms with Crippen LogP contribution in [0.4, 0.5) is 5.69 Å². The van der Waals surface area contributed by atoms with Gasteiger partial charge < -0.3 is 0 Å². The molecule has 1 aliphatic rings. The second kappa shape index (κ2) is 3.67. The van der Waals surface area contributed by atoms with Crippen LogP contribution in [0.15, 0.2) is 43.1 Å². The molecule has 1 heterocycles. The fourth-order valence-electron chi connectivity index (χ4n) is 2.16. The summed E-state index contributed by atoms with van der Waals surface area (Å²) in [7, 11) is 0. The largest absolute Gasteiger partial charge is 0.273 e. The molecule has 2 rings (SSSR count). The van der Waals surface area contributed by atoms with Gasteiger partial charge in [-0.25, -0.2) is 5.01 Å². The van der Waals surface area contributed by atoms with E-state index in [4.69, 9.17) is 0 Å². The third-order valence-corrected chi connectivity index (χ3v) is 2.80. The van der Waals surface area contributed by atoms with Crippen LogP contribution in [0.2, 0.25) is 0 Å². The second-order valence-corrected chi connectivity index (χ2v) is 4.56. The Morgan fingerprint density at radius 3 is 2.50 bits per heavy atom. The zero-order valence-electron chi connectivity index (χ0n) is 9.68. The molecule has 0 spiro atoms. The first kappa shape index (κ1) is 10.7. The molecule has 0 saturated carbocycles. The molecule has 1 saturated heterocycles. The second-order valence-electron chi connectivity index (χ2n) is 4.56. The first-order valence-corrected chi connectivity index (χ1v) is 5.36. The van der Waals surface area contributed by atoms with Crippen LogP contribution in [0.5, 0.6) is 0 Å². The van der Waals surface area contributed by atoms with Gasteiger partial charge in [0.25, 0.3) is 0 Å². The summed E-state index contributed by atoms with van der Waals surface area (Å²) in [6.45, 7) is 7.81. The molecule has 0 aliphatic carbocycles. The number of amides is 1. The van der Waals surface area contributed by atoms with E-state index in [0.717, 1.165) is 5.69 Å². The summed E-state index contributed by atoms with van der Waals surface area (Å²) in [6, 6.07) is 9.89. The van der Waals surface area contributed by atoms with Crippen LogP contribution < -0.4 is 5.01 Å². The highest BCUT2D eigenvalue weighted by atomic mass is 16.2. The zero-order chi connectivity index (χ0) is 11.8. The number of carbonyl (C=O) groups is 1. The summed E-state index contributed by atoms with van der Waals surface area (Å²) in [5.74, 6) is 0.0869. The maximum absolute atomic E-state index is 11.8. The summed E-state index contributed by atoms with van der Waals surface area (Å²) in [4.78, 5) is 11.8. The number of carbonyl (C=O) groups excluding carboxylic acids is 1. The highest BCUT2D eigenvalue weighted by Gasteiger charge is 2.42. The van der Waals surface area contributed by atoms with E-state index in [1.165, 1.54) is 0 Å². The normalized spacial score (nSPS) is 19.0. The van der Waals surface area contributed by atoms with Crippen LogP contribution >= 0.6 is 0 Å². The molecule has 1 aromatic rings. The van der Waals surface area contributed by atoms with Crippen LogP contribution in [0, 0.1) is 0 Å². The Bertz CT molecular complexity index is 411. The van der Waals surface area contributed by atoms with Gasteiger partial charge in [-0.3, -0.25) is 9.80 Å². The van der Waals surface area contributed by atoms with E-state index in [1.54, 1.807) is 11.2 Å². The maximum atomic E-state index is 11.8. The average molecular weight is 216 g/mol. The Morgan fingerprint density at radius 2 is 1.94 bits per heavy atom. The average Bonchev–Trinajstić information content (AvgIpc) is 2.48. The maximum Gasteiger partial charge on any atom is 0.247 e. The van der Waals surface area contributed by atoms with Crippen LogP contribution in [0.25, 0.3) is 0 Å². The Morgan fingerprint density at radius 1 is 1.31 bits per heavy atom. The minimum absolute atomic E-state index is 0.0869. The molecule has 0 radical (unpaired) electrons. The van der Waals surface area contributed by atoms with Crippen molar-refractivity contribution in [1.82, 2.24) is 5.01 Å². The quantitative estimate of drug-likeness (QED) is 0.758. The van der Waals surface area contributed by atoms with Gasteiger partial charge in [-0.05, 0) is 26.0 Å². The molecule has 3 nitrogen and oxygen atoms in total. The van der Waals surface area contributed by atoms with E-state index in [2.05, 4.69) is 20.4 Å². The van der Waals surface area contributed by atoms with E-state index in [9.17, 15) is 4.79 Å². The van der Waals surface area contributed by atoms with Gasteiger partial charge in [0.15, 0.2) is 0 Å². The molecule has 1 aromatic carbocycles. The smallest absolute Gasteiger partial charge is 0.247 e. The van der Waals surface area contributed by atoms with Gasteiger partial charge in [-0.15, -0.1) is 0 Å². The topological polar surface area (TPSA) is 23.6 Å². The SMILES string of the molecule is C=CN1C(=O)CC(C)(C)N1c1ccccc1. The number of hydrogen-bond acceptors (Lipinski definition) is 2. The van der Waals surface area contributed by atoms with Crippen LogP contribution in [-0.4, -0.2) is 16.5 Å². The molecule has 1 aliphatic heterocycles. The monoisotopic (exact) mass is 216 g/mol. The molecule has 1 amide bonds. The highest BCUT2D eigenvalue weighted by Crippen LogP contribution is 2.34. The van der Waals surface area contributed by atoms with E-state index in [-0.39, 0.29) is 11.4 Å². The molecular formula is C13H16N2O. The minimum Gasteiger partial charge on any atom is -0.273 e. The van der Waals surface area contributed by atoms with Crippen molar-refractivity contribution in [2.75, 3.05) is 5.01 Å². The zero-order valence-corrected chi connectivity index (χ0v) is 9.68. The molecule has 0 N–H and O–H groups in total. The van der Waals surface area contributed by atoms with Crippen molar-refractivity contribution in [2.45, 2.75) is 25.8 Å². The lowest BCUT2D eigenvalue weighted by Gasteiger charge is -2.36. The van der Waals surface area contributed by atoms with Crippen molar-refractivity contribution >= 4 is 11.6 Å². The minimum atomic E-state index is -0.202. The molecular weight excluding hydrogens is 200 g/mol. The number of hydrazine groups is 1. The van der Waals surface area contributed by atoms with E-state index in [0.29, 0.717) is 6.42 Å². The Labute approximate surface area is 95.9 Å². The predicted molar refractivity (Wildman–Crippen MR) is 64.7 cm³/mol. The lowest BCUT2D eigenvalue weighted by atomic mass is 10.0. The van der Waals surface area contributed by atoms with Gasteiger partial charge in [-0.2, -0.15) is 0 Å². The predicted octanol–water partition coefficient (Wildman–Crippen LogP) is 2.56. The Kier molecular flexibility index (Phi) is 2.46. The Balaban J connectivity index is 2.44. The van der Waals surface area contributed by atoms with E-state index in [1.807, 2.05) is 35.3 Å². The molecule has 84 valence electrons. The number of rotatable bonds is 2. The number of benzene rings is 1. The number of anilines is 1. The van der Waals surface area contributed by atoms with Crippen LogP contribution in [0.3, 0.4) is 0 Å². The first-order valence-electron chi connectivity index (χ1n) is 5.36. The summed E-state index contributed by atoms with van der Waals surface area (Å²) in [6.07, 6.45) is 2.08. The fraction of sp³-hybridized carbons (Fsp3) is 0.308. The van der Waals surface area contributed by atoms with Crippen molar-refractivity contribution < 1.29 is 4.79 Å². The fourth-order valence-corrected chi connectivity index (χ4v) is 2.16. The van der Waals surface area contributed by atoms with E-state index >= 15 is 0 Å². The highest BCUT2D eigenvalue weighted by molar-refractivity contribution is 5.84. The molecule has 0 bridgehead atoms. The molecule has 0 unspecified atom stereocenters. The lowest BCUT2D eigenvalue weighted by Crippen LogP contribution is -2.44. The van der Waals surface area contributed by atoms with Crippen molar-refractivity contribution in [1.29, 1.82) is 0 Å². The van der Waals surface area contributed by atoms with Gasteiger partial charge in [0, 0.05) is 6.20 Å². The van der Waals surface area contributed by atoms with Gasteiger partial charge in [0.2, 0.25) is 5.91 Å². The van der Waals surface area contributed by atoms with Crippen molar-refractivity contribution in [3.05, 3.63) is 43.1 Å². The first-order chi connectivity index (χ1) is 7.56. The molecule has 3 heteroatoms. The molecule has 1 fully saturated rings. The number of para-hydroxylation sites is 1. The lowest BCUT2D eigenvalue weighted by molar-refractivity contribution is -0.125. The third-order valence-electron chi connectivity index (χ3n) is 2.80. The van der Waals surface area contributed by atoms with Gasteiger partial charge >= 0.3 is 0 Å². The van der Waals surface area contributed by atoms with Crippen molar-refractivity contribution in [3.63, 3.8) is 0 Å². The summed E-state index contributed by atoms with van der Waals surface area (Å²) in [5, 5.41) is 3.58. The molecule has 0 atom stereocenters. The Hall–Kier alpha value is -1.77. The molecule has 0 aromatic heterocycles. The van der Waals surface area contributed by atoms with E-state index < -0.39 is 0 Å². The number of hydrogen-bond donors (Lipinski definition) is 0. The van der Waals surface area contributed by atoms with Crippen LogP contribution in [0.1, 0.15) is 20.3 Å². The number of nitrogens with zero attached hydrogens (tertiary/aromatic N) is 2. The van der Waals surface area contributed by atoms with Gasteiger partial charge in [0.1, 0.15) is 0 Å². The van der Waals surface area contributed by atoms with Crippen LogP contribution in [-0.2, 0) is 4.79 Å². The molecule has 16 heavy (non-hydrogen) atoms. The third kappa shape index (κ3) is 1.58. The van der Waals surface area contributed by atoms with Gasteiger partial charge in [-0.1, -0.05) is 24.8 Å². The standard InChI is InChI=1S/C13H16N2O/c1-4-14-12(16)10-13(2,3)15(14)11-8-6-5-7-9-11/h4-9H,1,10H2,2-3H3.